The molecule has 0 radical (unpaired) electrons. The molecule has 5 nitrogen and oxygen atoms in total. The van der Waals surface area contributed by atoms with Crippen LogP contribution in [0.5, 0.6) is 0 Å². The maximum atomic E-state index is 11.7. The summed E-state index contributed by atoms with van der Waals surface area (Å²) in [6, 6.07) is 8.57. The van der Waals surface area contributed by atoms with Crippen LogP contribution >= 0.6 is 11.6 Å². The minimum Gasteiger partial charge on any atom is -0.357 e. The van der Waals surface area contributed by atoms with Gasteiger partial charge in [0.15, 0.2) is 5.96 Å². The van der Waals surface area contributed by atoms with Gasteiger partial charge in [0.2, 0.25) is 5.91 Å². The molecular weight excluding hydrogens is 348 g/mol. The van der Waals surface area contributed by atoms with Crippen LogP contribution in [0.4, 0.5) is 0 Å². The largest absolute Gasteiger partial charge is 0.357 e. The van der Waals surface area contributed by atoms with Gasteiger partial charge in [0, 0.05) is 36.0 Å². The molecule has 1 amide bonds. The Morgan fingerprint density at radius 1 is 1.31 bits per heavy atom. The molecule has 1 aromatic rings. The van der Waals surface area contributed by atoms with Crippen molar-refractivity contribution in [3.63, 3.8) is 0 Å². The van der Waals surface area contributed by atoms with Crippen LogP contribution in [0.3, 0.4) is 0 Å². The molecule has 0 unspecified atom stereocenters. The predicted molar refractivity (Wildman–Crippen MR) is 107 cm³/mol. The van der Waals surface area contributed by atoms with Crippen molar-refractivity contribution in [2.75, 3.05) is 19.6 Å². The van der Waals surface area contributed by atoms with E-state index in [9.17, 15) is 4.79 Å². The lowest BCUT2D eigenvalue weighted by Crippen LogP contribution is -2.38. The molecule has 1 aromatic carbocycles. The van der Waals surface area contributed by atoms with Gasteiger partial charge in [-0.3, -0.25) is 9.79 Å². The molecule has 0 aromatic heterocycles. The van der Waals surface area contributed by atoms with E-state index in [0.29, 0.717) is 12.5 Å². The highest BCUT2D eigenvalue weighted by atomic mass is 35.5. The third kappa shape index (κ3) is 5.63. The highest BCUT2D eigenvalue weighted by Crippen LogP contribution is 2.48. The Hall–Kier alpha value is -1.75. The maximum Gasteiger partial charge on any atom is 0.220 e. The summed E-state index contributed by atoms with van der Waals surface area (Å²) < 4.78 is 0. The minimum atomic E-state index is 0.136. The van der Waals surface area contributed by atoms with Crippen molar-refractivity contribution in [3.8, 4) is 0 Å². The fourth-order valence-corrected chi connectivity index (χ4v) is 3.25. The van der Waals surface area contributed by atoms with Crippen molar-refractivity contribution in [2.24, 2.45) is 4.99 Å². The van der Waals surface area contributed by atoms with Gasteiger partial charge in [-0.2, -0.15) is 0 Å². The number of carbonyl (C=O) groups excluding carboxylic acids is 1. The Balaban J connectivity index is 1.46. The van der Waals surface area contributed by atoms with E-state index in [4.69, 9.17) is 16.6 Å². The SMILES string of the molecule is CCNC(=NCC1(c2cccc(Cl)c2)CC1)NCCCC(=O)NC1CC1. The summed E-state index contributed by atoms with van der Waals surface area (Å²) in [6.45, 7) is 4.38. The number of benzene rings is 1. The number of carbonyl (C=O) groups is 1. The number of hydrogen-bond donors (Lipinski definition) is 3. The van der Waals surface area contributed by atoms with E-state index in [-0.39, 0.29) is 11.3 Å². The Kier molecular flexibility index (Phi) is 6.41. The molecule has 2 fully saturated rings. The second kappa shape index (κ2) is 8.76. The van der Waals surface area contributed by atoms with E-state index in [1.165, 1.54) is 5.56 Å². The van der Waals surface area contributed by atoms with Crippen molar-refractivity contribution in [1.82, 2.24) is 16.0 Å². The first-order valence-electron chi connectivity index (χ1n) is 9.69. The summed E-state index contributed by atoms with van der Waals surface area (Å²) in [6.07, 6.45) is 5.94. The molecule has 3 rings (SSSR count). The zero-order valence-electron chi connectivity index (χ0n) is 15.5. The molecule has 2 aliphatic carbocycles. The number of halogens is 1. The zero-order valence-corrected chi connectivity index (χ0v) is 16.2. The predicted octanol–water partition coefficient (Wildman–Crippen LogP) is 2.99. The van der Waals surface area contributed by atoms with Gasteiger partial charge >= 0.3 is 0 Å². The van der Waals surface area contributed by atoms with Gasteiger partial charge in [0.1, 0.15) is 0 Å². The fraction of sp³-hybridized carbons (Fsp3) is 0.600. The molecule has 26 heavy (non-hydrogen) atoms. The first-order chi connectivity index (χ1) is 12.6. The second-order valence-electron chi connectivity index (χ2n) is 7.36. The molecule has 2 aliphatic rings. The van der Waals surface area contributed by atoms with Crippen molar-refractivity contribution in [3.05, 3.63) is 34.9 Å². The first kappa shape index (κ1) is 19.0. The van der Waals surface area contributed by atoms with Gasteiger partial charge < -0.3 is 16.0 Å². The van der Waals surface area contributed by atoms with E-state index in [1.54, 1.807) is 0 Å². The number of nitrogens with one attached hydrogen (secondary N) is 3. The number of aliphatic imine (C=N–C) groups is 1. The van der Waals surface area contributed by atoms with Gasteiger partial charge in [0.25, 0.3) is 0 Å². The molecule has 0 saturated heterocycles. The number of rotatable bonds is 9. The van der Waals surface area contributed by atoms with Gasteiger partial charge in [-0.25, -0.2) is 0 Å². The monoisotopic (exact) mass is 376 g/mol. The summed E-state index contributed by atoms with van der Waals surface area (Å²) in [7, 11) is 0. The quantitative estimate of drug-likeness (QED) is 0.352. The molecular formula is C20H29ClN4O. The normalized spacial score (nSPS) is 18.3. The van der Waals surface area contributed by atoms with Crippen LogP contribution in [0.1, 0.15) is 51.0 Å². The lowest BCUT2D eigenvalue weighted by Gasteiger charge is -2.16. The van der Waals surface area contributed by atoms with Crippen LogP contribution in [0.25, 0.3) is 0 Å². The van der Waals surface area contributed by atoms with Crippen LogP contribution in [-0.4, -0.2) is 37.5 Å². The van der Waals surface area contributed by atoms with E-state index >= 15 is 0 Å². The molecule has 0 spiro atoms. The maximum absolute atomic E-state index is 11.7. The van der Waals surface area contributed by atoms with E-state index < -0.39 is 0 Å². The van der Waals surface area contributed by atoms with Crippen LogP contribution in [0.2, 0.25) is 5.02 Å². The lowest BCUT2D eigenvalue weighted by atomic mass is 9.96. The Bertz CT molecular complexity index is 653. The van der Waals surface area contributed by atoms with Crippen molar-refractivity contribution >= 4 is 23.5 Å². The zero-order chi connectivity index (χ0) is 18.4. The Morgan fingerprint density at radius 3 is 2.77 bits per heavy atom. The summed E-state index contributed by atoms with van der Waals surface area (Å²) in [5.41, 5.74) is 1.42. The highest BCUT2D eigenvalue weighted by molar-refractivity contribution is 6.30. The standard InChI is InChI=1S/C20H29ClN4O/c1-2-22-19(23-12-4-7-18(26)25-17-8-9-17)24-14-20(10-11-20)15-5-3-6-16(21)13-15/h3,5-6,13,17H,2,4,7-12,14H2,1H3,(H,25,26)(H2,22,23,24). The molecule has 0 heterocycles. The van der Waals surface area contributed by atoms with Gasteiger partial charge in [-0.1, -0.05) is 23.7 Å². The van der Waals surface area contributed by atoms with Gasteiger partial charge in [0.05, 0.1) is 6.54 Å². The van der Waals surface area contributed by atoms with Gasteiger partial charge in [-0.05, 0) is 56.7 Å². The highest BCUT2D eigenvalue weighted by Gasteiger charge is 2.44. The Labute approximate surface area is 161 Å². The van der Waals surface area contributed by atoms with Crippen LogP contribution in [-0.2, 0) is 10.2 Å². The summed E-state index contributed by atoms with van der Waals surface area (Å²) in [4.78, 5) is 16.5. The number of nitrogens with zero attached hydrogens (tertiary/aromatic N) is 1. The molecule has 142 valence electrons. The third-order valence-corrected chi connectivity index (χ3v) is 5.23. The van der Waals surface area contributed by atoms with Gasteiger partial charge in [-0.15, -0.1) is 0 Å². The topological polar surface area (TPSA) is 65.5 Å². The summed E-state index contributed by atoms with van der Waals surface area (Å²) >= 11 is 6.14. The number of guanidine groups is 1. The average molecular weight is 377 g/mol. The average Bonchev–Trinajstić information content (AvgIpc) is 3.52. The van der Waals surface area contributed by atoms with E-state index in [1.807, 2.05) is 12.1 Å². The fourth-order valence-electron chi connectivity index (χ4n) is 3.06. The summed E-state index contributed by atoms with van der Waals surface area (Å²) in [5, 5.41) is 10.4. The van der Waals surface area contributed by atoms with Crippen LogP contribution in [0, 0.1) is 0 Å². The van der Waals surface area contributed by atoms with Crippen LogP contribution in [0.15, 0.2) is 29.3 Å². The van der Waals surface area contributed by atoms with E-state index in [2.05, 4.69) is 35.0 Å². The van der Waals surface area contributed by atoms with Crippen molar-refractivity contribution in [2.45, 2.75) is 56.9 Å². The number of amides is 1. The van der Waals surface area contributed by atoms with Crippen molar-refractivity contribution < 1.29 is 4.79 Å². The summed E-state index contributed by atoms with van der Waals surface area (Å²) in [5.74, 6) is 0.984. The van der Waals surface area contributed by atoms with Crippen molar-refractivity contribution in [1.29, 1.82) is 0 Å². The first-order valence-corrected chi connectivity index (χ1v) is 10.1. The molecule has 3 N–H and O–H groups in total. The van der Waals surface area contributed by atoms with Crippen LogP contribution < -0.4 is 16.0 Å². The smallest absolute Gasteiger partial charge is 0.220 e. The molecule has 6 heteroatoms. The number of hydrogen-bond acceptors (Lipinski definition) is 2. The molecule has 0 atom stereocenters. The van der Waals surface area contributed by atoms with E-state index in [0.717, 1.165) is 62.7 Å². The molecule has 0 bridgehead atoms. The molecule has 2 saturated carbocycles. The third-order valence-electron chi connectivity index (χ3n) is 4.99. The lowest BCUT2D eigenvalue weighted by molar-refractivity contribution is -0.121. The minimum absolute atomic E-state index is 0.136. The Morgan fingerprint density at radius 2 is 2.12 bits per heavy atom. The molecule has 0 aliphatic heterocycles. The second-order valence-corrected chi connectivity index (χ2v) is 7.79.